The lowest BCUT2D eigenvalue weighted by Crippen LogP contribution is -2.50. The average Bonchev–Trinajstić information content (AvgIpc) is 2.83. The number of aliphatic hydroxyl groups excluding tert-OH is 1. The molecule has 0 spiro atoms. The zero-order valence-corrected chi connectivity index (χ0v) is 11.4. The van der Waals surface area contributed by atoms with E-state index in [1.807, 2.05) is 18.7 Å². The van der Waals surface area contributed by atoms with Gasteiger partial charge in [0.05, 0.1) is 13.2 Å². The van der Waals surface area contributed by atoms with E-state index in [9.17, 15) is 9.90 Å². The normalized spacial score (nSPS) is 20.7. The van der Waals surface area contributed by atoms with Crippen LogP contribution in [0.2, 0.25) is 0 Å². The van der Waals surface area contributed by atoms with Crippen molar-refractivity contribution in [2.45, 2.75) is 51.1 Å². The van der Waals surface area contributed by atoms with Crippen LogP contribution < -0.4 is 5.32 Å². The number of amides is 1. The number of hydrogen-bond acceptors (Lipinski definition) is 3. The average molecular weight is 252 g/mol. The molecule has 1 saturated heterocycles. The summed E-state index contributed by atoms with van der Waals surface area (Å²) in [5, 5.41) is 12.2. The lowest BCUT2D eigenvalue weighted by Gasteiger charge is -2.29. The summed E-state index contributed by atoms with van der Waals surface area (Å²) in [6, 6.07) is 0.124. The number of nitrogens with zero attached hydrogens (tertiary/aromatic N) is 1. The molecule has 1 amide bonds. The first kappa shape index (κ1) is 15.0. The van der Waals surface area contributed by atoms with Crippen molar-refractivity contribution in [1.82, 2.24) is 10.2 Å². The summed E-state index contributed by atoms with van der Waals surface area (Å²) >= 11 is 0. The maximum absolute atomic E-state index is 12.0. The third kappa shape index (κ3) is 3.47. The Morgan fingerprint density at radius 1 is 1.56 bits per heavy atom. The lowest BCUT2D eigenvalue weighted by molar-refractivity contribution is -0.124. The van der Waals surface area contributed by atoms with Gasteiger partial charge in [-0.15, -0.1) is 6.42 Å². The minimum Gasteiger partial charge on any atom is -0.395 e. The Hall–Kier alpha value is -1.05. The fourth-order valence-electron chi connectivity index (χ4n) is 2.47. The van der Waals surface area contributed by atoms with E-state index >= 15 is 0 Å². The molecule has 0 aromatic carbocycles. The van der Waals surface area contributed by atoms with Gasteiger partial charge in [-0.3, -0.25) is 9.69 Å². The molecule has 0 aromatic heterocycles. The van der Waals surface area contributed by atoms with E-state index in [-0.39, 0.29) is 18.6 Å². The van der Waals surface area contributed by atoms with Crippen molar-refractivity contribution in [2.75, 3.05) is 19.7 Å². The maximum atomic E-state index is 12.0. The third-order valence-electron chi connectivity index (χ3n) is 3.92. The molecule has 1 atom stereocenters. The van der Waals surface area contributed by atoms with Gasteiger partial charge in [0.2, 0.25) is 5.91 Å². The highest BCUT2D eigenvalue weighted by Crippen LogP contribution is 2.17. The first-order chi connectivity index (χ1) is 8.60. The number of carbonyl (C=O) groups excluding carboxylic acids is 1. The van der Waals surface area contributed by atoms with Crippen molar-refractivity contribution in [3.63, 3.8) is 0 Å². The van der Waals surface area contributed by atoms with Gasteiger partial charge < -0.3 is 10.4 Å². The molecule has 0 saturated carbocycles. The van der Waals surface area contributed by atoms with Crippen molar-refractivity contribution in [2.24, 2.45) is 0 Å². The second-order valence-electron chi connectivity index (χ2n) is 4.93. The Morgan fingerprint density at radius 2 is 2.22 bits per heavy atom. The zero-order chi connectivity index (χ0) is 13.6. The van der Waals surface area contributed by atoms with Gasteiger partial charge in [-0.05, 0) is 32.2 Å². The van der Waals surface area contributed by atoms with Crippen LogP contribution in [-0.4, -0.2) is 47.2 Å². The van der Waals surface area contributed by atoms with Crippen LogP contribution in [0.4, 0.5) is 0 Å². The quantitative estimate of drug-likeness (QED) is 0.686. The molecule has 1 aliphatic heterocycles. The Labute approximate surface area is 110 Å². The summed E-state index contributed by atoms with van der Waals surface area (Å²) in [7, 11) is 0. The van der Waals surface area contributed by atoms with Gasteiger partial charge in [-0.25, -0.2) is 0 Å². The zero-order valence-electron chi connectivity index (χ0n) is 11.4. The molecule has 18 heavy (non-hydrogen) atoms. The predicted molar refractivity (Wildman–Crippen MR) is 72.0 cm³/mol. The maximum Gasteiger partial charge on any atom is 0.235 e. The summed E-state index contributed by atoms with van der Waals surface area (Å²) in [5.74, 6) is 2.65. The summed E-state index contributed by atoms with van der Waals surface area (Å²) < 4.78 is 0. The van der Waals surface area contributed by atoms with Crippen LogP contribution in [0.1, 0.15) is 39.5 Å². The summed E-state index contributed by atoms with van der Waals surface area (Å²) in [6.45, 7) is 5.29. The number of nitrogens with one attached hydrogen (secondary N) is 1. The van der Waals surface area contributed by atoms with E-state index in [4.69, 9.17) is 6.42 Å². The fourth-order valence-corrected chi connectivity index (χ4v) is 2.47. The van der Waals surface area contributed by atoms with E-state index in [0.717, 1.165) is 32.2 Å². The minimum absolute atomic E-state index is 0.0444. The summed E-state index contributed by atoms with van der Waals surface area (Å²) in [4.78, 5) is 14.1. The van der Waals surface area contributed by atoms with Gasteiger partial charge in [-0.2, -0.15) is 0 Å². The number of rotatable bonds is 6. The molecule has 102 valence electrons. The third-order valence-corrected chi connectivity index (χ3v) is 3.92. The van der Waals surface area contributed by atoms with Crippen LogP contribution in [0.25, 0.3) is 0 Å². The van der Waals surface area contributed by atoms with Gasteiger partial charge in [0.1, 0.15) is 5.54 Å². The molecule has 0 aromatic rings. The molecular weight excluding hydrogens is 228 g/mol. The first-order valence-electron chi connectivity index (χ1n) is 6.74. The Morgan fingerprint density at radius 3 is 2.72 bits per heavy atom. The van der Waals surface area contributed by atoms with Crippen molar-refractivity contribution >= 4 is 5.91 Å². The van der Waals surface area contributed by atoms with E-state index in [1.165, 1.54) is 0 Å². The molecule has 0 radical (unpaired) electrons. The van der Waals surface area contributed by atoms with Crippen LogP contribution >= 0.6 is 0 Å². The molecule has 1 aliphatic rings. The van der Waals surface area contributed by atoms with Gasteiger partial charge in [0.25, 0.3) is 0 Å². The molecule has 4 nitrogen and oxygen atoms in total. The standard InChI is InChI=1S/C14H24N2O2/c1-4-14(5-2,6-3)15-13(18)10-16-9-7-8-12(16)11-17/h1,12,17H,5-11H2,2-3H3,(H,15,18)/t12-/m0/s1. The second kappa shape index (κ2) is 6.77. The monoisotopic (exact) mass is 252 g/mol. The van der Waals surface area contributed by atoms with E-state index in [2.05, 4.69) is 11.2 Å². The van der Waals surface area contributed by atoms with Crippen molar-refractivity contribution < 1.29 is 9.90 Å². The molecule has 1 fully saturated rings. The van der Waals surface area contributed by atoms with Crippen molar-refractivity contribution in [3.8, 4) is 12.3 Å². The molecule has 1 rings (SSSR count). The van der Waals surface area contributed by atoms with Crippen LogP contribution in [0, 0.1) is 12.3 Å². The highest BCUT2D eigenvalue weighted by atomic mass is 16.3. The second-order valence-corrected chi connectivity index (χ2v) is 4.93. The van der Waals surface area contributed by atoms with Crippen molar-refractivity contribution in [1.29, 1.82) is 0 Å². The molecule has 1 heterocycles. The summed E-state index contributed by atoms with van der Waals surface area (Å²) in [6.07, 6.45) is 8.99. The Kier molecular flexibility index (Phi) is 5.64. The van der Waals surface area contributed by atoms with Gasteiger partial charge in [-0.1, -0.05) is 19.8 Å². The molecule has 0 bridgehead atoms. The number of aliphatic hydroxyl groups is 1. The number of hydrogen-bond donors (Lipinski definition) is 2. The highest BCUT2D eigenvalue weighted by Gasteiger charge is 2.29. The topological polar surface area (TPSA) is 52.6 Å². The summed E-state index contributed by atoms with van der Waals surface area (Å²) in [5.41, 5.74) is -0.522. The number of likely N-dealkylation sites (tertiary alicyclic amines) is 1. The van der Waals surface area contributed by atoms with Gasteiger partial charge in [0.15, 0.2) is 0 Å². The predicted octanol–water partition coefficient (Wildman–Crippen LogP) is 0.751. The van der Waals surface area contributed by atoms with Crippen LogP contribution in [-0.2, 0) is 4.79 Å². The largest absolute Gasteiger partial charge is 0.395 e. The van der Waals surface area contributed by atoms with Gasteiger partial charge in [0, 0.05) is 6.04 Å². The molecule has 0 aliphatic carbocycles. The van der Waals surface area contributed by atoms with Crippen LogP contribution in [0.5, 0.6) is 0 Å². The van der Waals surface area contributed by atoms with Crippen LogP contribution in [0.15, 0.2) is 0 Å². The molecule has 4 heteroatoms. The Bertz CT molecular complexity index is 318. The SMILES string of the molecule is C#CC(CC)(CC)NC(=O)CN1CCC[C@H]1CO. The van der Waals surface area contributed by atoms with E-state index < -0.39 is 5.54 Å². The number of terminal acetylenes is 1. The Balaban J connectivity index is 2.53. The van der Waals surface area contributed by atoms with Gasteiger partial charge >= 0.3 is 0 Å². The fraction of sp³-hybridized carbons (Fsp3) is 0.786. The molecule has 2 N–H and O–H groups in total. The minimum atomic E-state index is -0.522. The molecule has 0 unspecified atom stereocenters. The number of carbonyl (C=O) groups is 1. The lowest BCUT2D eigenvalue weighted by atomic mass is 9.94. The smallest absolute Gasteiger partial charge is 0.235 e. The molecular formula is C14H24N2O2. The van der Waals surface area contributed by atoms with Crippen LogP contribution in [0.3, 0.4) is 0 Å². The first-order valence-corrected chi connectivity index (χ1v) is 6.74. The van der Waals surface area contributed by atoms with Crippen molar-refractivity contribution in [3.05, 3.63) is 0 Å². The van der Waals surface area contributed by atoms with E-state index in [1.54, 1.807) is 0 Å². The van der Waals surface area contributed by atoms with E-state index in [0.29, 0.717) is 6.54 Å². The highest BCUT2D eigenvalue weighted by molar-refractivity contribution is 5.79.